The molecule has 0 bridgehead atoms. The van der Waals surface area contributed by atoms with Crippen LogP contribution in [-0.2, 0) is 0 Å². The molecule has 2 aromatic heterocycles. The van der Waals surface area contributed by atoms with Gasteiger partial charge in [0, 0.05) is 41.5 Å². The predicted octanol–water partition coefficient (Wildman–Crippen LogP) is 5.42. The van der Waals surface area contributed by atoms with Crippen LogP contribution in [0.2, 0.25) is 0 Å². The quantitative estimate of drug-likeness (QED) is 0.196. The summed E-state index contributed by atoms with van der Waals surface area (Å²) in [4.78, 5) is 14.5. The lowest BCUT2D eigenvalue weighted by molar-refractivity contribution is 0.0929. The minimum Gasteiger partial charge on any atom is -0.450 e. The highest BCUT2D eigenvalue weighted by molar-refractivity contribution is 14.1. The molecule has 2 heterocycles. The van der Waals surface area contributed by atoms with E-state index in [1.54, 1.807) is 12.3 Å². The molecule has 0 saturated heterocycles. The van der Waals surface area contributed by atoms with Gasteiger partial charge in [0.25, 0.3) is 0 Å². The molecule has 0 aliphatic carbocycles. The zero-order valence-electron chi connectivity index (χ0n) is 16.3. The first-order valence-corrected chi connectivity index (χ1v) is 11.0. The number of furan rings is 1. The molecule has 8 heteroatoms. The largest absolute Gasteiger partial charge is 0.450 e. The summed E-state index contributed by atoms with van der Waals surface area (Å²) < 4.78 is 9.56. The van der Waals surface area contributed by atoms with Crippen LogP contribution in [0.25, 0.3) is 16.7 Å². The maximum atomic E-state index is 12.5. The van der Waals surface area contributed by atoms with Gasteiger partial charge in [-0.25, -0.2) is 5.43 Å². The number of halogens is 2. The molecule has 0 aliphatic rings. The summed E-state index contributed by atoms with van der Waals surface area (Å²) in [5, 5.41) is 4.97. The van der Waals surface area contributed by atoms with E-state index in [0.717, 1.165) is 30.5 Å². The average molecular weight is 577 g/mol. The first kappa shape index (κ1) is 20.7. The van der Waals surface area contributed by atoms with E-state index < -0.39 is 5.91 Å². The second kappa shape index (κ2) is 8.65. The molecule has 0 spiro atoms. The van der Waals surface area contributed by atoms with Gasteiger partial charge in [0.05, 0.1) is 15.5 Å². The molecule has 1 amide bonds. The van der Waals surface area contributed by atoms with Gasteiger partial charge in [0.15, 0.2) is 5.76 Å². The van der Waals surface area contributed by atoms with Gasteiger partial charge >= 0.3 is 5.91 Å². The van der Waals surface area contributed by atoms with Gasteiger partial charge < -0.3 is 13.9 Å². The molecule has 30 heavy (non-hydrogen) atoms. The van der Waals surface area contributed by atoms with Gasteiger partial charge in [-0.2, -0.15) is 5.10 Å². The van der Waals surface area contributed by atoms with Crippen LogP contribution >= 0.6 is 38.5 Å². The zero-order chi connectivity index (χ0) is 21.3. The van der Waals surface area contributed by atoms with Crippen molar-refractivity contribution < 1.29 is 9.21 Å². The minimum absolute atomic E-state index is 0.216. The maximum Gasteiger partial charge on any atom is 0.307 e. The van der Waals surface area contributed by atoms with E-state index in [0.29, 0.717) is 5.58 Å². The Kier molecular flexibility index (Phi) is 5.96. The number of hydrazone groups is 1. The van der Waals surface area contributed by atoms with Gasteiger partial charge in [-0.05, 0) is 77.2 Å². The van der Waals surface area contributed by atoms with Crippen molar-refractivity contribution in [3.8, 4) is 5.69 Å². The maximum absolute atomic E-state index is 12.5. The monoisotopic (exact) mass is 576 g/mol. The molecule has 6 nitrogen and oxygen atoms in total. The highest BCUT2D eigenvalue weighted by Gasteiger charge is 2.14. The van der Waals surface area contributed by atoms with Crippen LogP contribution in [0.15, 0.2) is 74.8 Å². The second-order valence-electron chi connectivity index (χ2n) is 6.83. The summed E-state index contributed by atoms with van der Waals surface area (Å²) in [6.07, 6.45) is 3.56. The van der Waals surface area contributed by atoms with Crippen LogP contribution in [0.1, 0.15) is 16.2 Å². The molecular weight excluding hydrogens is 559 g/mol. The number of nitrogens with zero attached hydrogens (tertiary/aromatic N) is 3. The standard InChI is InChI=1S/C22H18BrIN4O2/c1-27(2)16-5-7-17(8-6-16)28-9-3-4-18(28)13-25-26-22(29)20-11-14-10-15(23)12-19(24)21(14)30-20/h3-13H,1-2H3,(H,26,29)/b25-13-. The summed E-state index contributed by atoms with van der Waals surface area (Å²) in [6, 6.07) is 17.6. The molecule has 4 aromatic rings. The SMILES string of the molecule is CN(C)c1ccc(-n2cccc2/C=N\NC(=O)c2cc3cc(Br)cc(I)c3o2)cc1. The summed E-state index contributed by atoms with van der Waals surface area (Å²) in [7, 11) is 4.01. The van der Waals surface area contributed by atoms with Crippen LogP contribution in [-0.4, -0.2) is 30.8 Å². The first-order valence-electron chi connectivity index (χ1n) is 9.09. The summed E-state index contributed by atoms with van der Waals surface area (Å²) in [5.74, 6) is -0.185. The smallest absolute Gasteiger partial charge is 0.307 e. The van der Waals surface area contributed by atoms with Crippen LogP contribution in [0.4, 0.5) is 5.69 Å². The number of carbonyl (C=O) groups is 1. The number of anilines is 1. The third-order valence-electron chi connectivity index (χ3n) is 4.55. The minimum atomic E-state index is -0.400. The van der Waals surface area contributed by atoms with Gasteiger partial charge in [-0.15, -0.1) is 0 Å². The fourth-order valence-corrected chi connectivity index (χ4v) is 4.71. The second-order valence-corrected chi connectivity index (χ2v) is 8.91. The molecule has 0 saturated carbocycles. The van der Waals surface area contributed by atoms with Crippen molar-refractivity contribution in [1.82, 2.24) is 9.99 Å². The summed E-state index contributed by atoms with van der Waals surface area (Å²) in [5.41, 5.74) is 6.20. The van der Waals surface area contributed by atoms with E-state index >= 15 is 0 Å². The topological polar surface area (TPSA) is 62.8 Å². The zero-order valence-corrected chi connectivity index (χ0v) is 20.0. The Morgan fingerprint density at radius 3 is 2.70 bits per heavy atom. The van der Waals surface area contributed by atoms with Crippen molar-refractivity contribution >= 4 is 67.3 Å². The fraction of sp³-hybridized carbons (Fsp3) is 0.0909. The van der Waals surface area contributed by atoms with E-state index in [1.807, 2.05) is 61.3 Å². The van der Waals surface area contributed by atoms with Crippen LogP contribution in [0.3, 0.4) is 0 Å². The number of benzene rings is 2. The molecule has 0 radical (unpaired) electrons. The lowest BCUT2D eigenvalue weighted by atomic mass is 10.2. The summed E-state index contributed by atoms with van der Waals surface area (Å²) in [6.45, 7) is 0. The molecule has 4 rings (SSSR count). The Hall–Kier alpha value is -2.59. The molecule has 0 fully saturated rings. The van der Waals surface area contributed by atoms with Gasteiger partial charge in [-0.3, -0.25) is 4.79 Å². The van der Waals surface area contributed by atoms with E-state index in [4.69, 9.17) is 4.42 Å². The third kappa shape index (κ3) is 4.29. The fourth-order valence-electron chi connectivity index (χ4n) is 3.05. The highest BCUT2D eigenvalue weighted by atomic mass is 127. The van der Waals surface area contributed by atoms with Crippen LogP contribution in [0.5, 0.6) is 0 Å². The van der Waals surface area contributed by atoms with Gasteiger partial charge in [0.1, 0.15) is 5.58 Å². The van der Waals surface area contributed by atoms with E-state index in [2.05, 4.69) is 66.1 Å². The molecule has 0 unspecified atom stereocenters. The lowest BCUT2D eigenvalue weighted by Crippen LogP contribution is -2.17. The number of aromatic nitrogens is 1. The molecule has 152 valence electrons. The predicted molar refractivity (Wildman–Crippen MR) is 132 cm³/mol. The van der Waals surface area contributed by atoms with Crippen LogP contribution in [0, 0.1) is 3.57 Å². The van der Waals surface area contributed by atoms with Crippen molar-refractivity contribution in [3.63, 3.8) is 0 Å². The number of nitrogens with one attached hydrogen (secondary N) is 1. The number of carbonyl (C=O) groups excluding carboxylic acids is 1. The Balaban J connectivity index is 1.50. The average Bonchev–Trinajstić information content (AvgIpc) is 3.35. The van der Waals surface area contributed by atoms with E-state index in [1.165, 1.54) is 0 Å². The Morgan fingerprint density at radius 2 is 1.97 bits per heavy atom. The van der Waals surface area contributed by atoms with Crippen molar-refractivity contribution in [2.24, 2.45) is 5.10 Å². The van der Waals surface area contributed by atoms with E-state index in [-0.39, 0.29) is 5.76 Å². The molecule has 1 N–H and O–H groups in total. The third-order valence-corrected chi connectivity index (χ3v) is 5.81. The Morgan fingerprint density at radius 1 is 1.20 bits per heavy atom. The number of rotatable bonds is 5. The number of amides is 1. The molecular formula is C22H18BrIN4O2. The van der Waals surface area contributed by atoms with E-state index in [9.17, 15) is 4.79 Å². The van der Waals surface area contributed by atoms with Gasteiger partial charge in [-0.1, -0.05) is 15.9 Å². The molecule has 0 aliphatic heterocycles. The van der Waals surface area contributed by atoms with Crippen molar-refractivity contribution in [3.05, 3.63) is 80.3 Å². The van der Waals surface area contributed by atoms with Crippen molar-refractivity contribution in [2.75, 3.05) is 19.0 Å². The Bertz CT molecular complexity index is 1240. The van der Waals surface area contributed by atoms with Crippen LogP contribution < -0.4 is 10.3 Å². The lowest BCUT2D eigenvalue weighted by Gasteiger charge is -2.13. The normalized spacial score (nSPS) is 11.3. The molecule has 0 atom stereocenters. The number of hydrogen-bond donors (Lipinski definition) is 1. The van der Waals surface area contributed by atoms with Crippen molar-refractivity contribution in [2.45, 2.75) is 0 Å². The number of hydrogen-bond acceptors (Lipinski definition) is 4. The number of fused-ring (bicyclic) bond motifs is 1. The molecule has 2 aromatic carbocycles. The summed E-state index contributed by atoms with van der Waals surface area (Å²) >= 11 is 5.64. The van der Waals surface area contributed by atoms with Crippen molar-refractivity contribution in [1.29, 1.82) is 0 Å². The van der Waals surface area contributed by atoms with Gasteiger partial charge in [0.2, 0.25) is 0 Å². The first-order chi connectivity index (χ1) is 14.4. The Labute approximate surface area is 195 Å². The highest BCUT2D eigenvalue weighted by Crippen LogP contribution is 2.28.